The lowest BCUT2D eigenvalue weighted by molar-refractivity contribution is 0.508. The highest BCUT2D eigenvalue weighted by Crippen LogP contribution is 2.19. The molecular formula is C14H18BrN3O. The first-order valence-corrected chi connectivity index (χ1v) is 7.00. The Hall–Kier alpha value is -1.49. The molecule has 2 aromatic rings. The number of hydrogen-bond acceptors (Lipinski definition) is 2. The number of nitrogens with zero attached hydrogens (tertiary/aromatic N) is 2. The Balaban J connectivity index is 2.44. The molecule has 1 heterocycles. The van der Waals surface area contributed by atoms with Gasteiger partial charge in [0.25, 0.3) is 5.56 Å². The molecule has 2 N–H and O–H groups in total. The molecule has 1 aromatic carbocycles. The van der Waals surface area contributed by atoms with E-state index in [-0.39, 0.29) is 11.5 Å². The third kappa shape index (κ3) is 2.61. The second kappa shape index (κ2) is 5.25. The zero-order valence-corrected chi connectivity index (χ0v) is 12.9. The van der Waals surface area contributed by atoms with E-state index in [9.17, 15) is 4.79 Å². The highest BCUT2D eigenvalue weighted by molar-refractivity contribution is 9.10. The van der Waals surface area contributed by atoms with Crippen molar-refractivity contribution in [3.05, 3.63) is 50.3 Å². The summed E-state index contributed by atoms with van der Waals surface area (Å²) in [6, 6.07) is 7.93. The van der Waals surface area contributed by atoms with Gasteiger partial charge in [-0.05, 0) is 23.6 Å². The van der Waals surface area contributed by atoms with Crippen molar-refractivity contribution in [2.75, 3.05) is 5.73 Å². The molecule has 0 bridgehead atoms. The van der Waals surface area contributed by atoms with Crippen molar-refractivity contribution in [2.24, 2.45) is 7.05 Å². The fourth-order valence-corrected chi connectivity index (χ4v) is 2.58. The maximum absolute atomic E-state index is 12.2. The van der Waals surface area contributed by atoms with Crippen molar-refractivity contribution in [2.45, 2.75) is 26.3 Å². The molecule has 102 valence electrons. The Kier molecular flexibility index (Phi) is 3.85. The largest absolute Gasteiger partial charge is 0.393 e. The number of nitrogen functional groups attached to an aromatic ring is 1. The van der Waals surface area contributed by atoms with E-state index in [0.29, 0.717) is 12.2 Å². The molecule has 4 nitrogen and oxygen atoms in total. The van der Waals surface area contributed by atoms with Crippen LogP contribution in [0.4, 0.5) is 5.69 Å². The fraction of sp³-hybridized carbons (Fsp3) is 0.357. The van der Waals surface area contributed by atoms with Gasteiger partial charge < -0.3 is 5.73 Å². The Labute approximate surface area is 120 Å². The molecule has 0 saturated carbocycles. The molecule has 0 unspecified atom stereocenters. The van der Waals surface area contributed by atoms with Crippen molar-refractivity contribution in [3.8, 4) is 0 Å². The van der Waals surface area contributed by atoms with Crippen LogP contribution in [0.15, 0.2) is 33.5 Å². The predicted molar refractivity (Wildman–Crippen MR) is 81.4 cm³/mol. The molecule has 0 saturated heterocycles. The van der Waals surface area contributed by atoms with Gasteiger partial charge in [-0.2, -0.15) is 0 Å². The molecule has 0 radical (unpaired) electrons. The summed E-state index contributed by atoms with van der Waals surface area (Å²) in [4.78, 5) is 12.2. The summed E-state index contributed by atoms with van der Waals surface area (Å²) in [5.41, 5.74) is 8.12. The lowest BCUT2D eigenvalue weighted by Crippen LogP contribution is -2.23. The van der Waals surface area contributed by atoms with Crippen LogP contribution in [0.3, 0.4) is 0 Å². The average Bonchev–Trinajstić information content (AvgIpc) is 2.56. The number of aromatic nitrogens is 2. The smallest absolute Gasteiger partial charge is 0.290 e. The third-order valence-corrected chi connectivity index (χ3v) is 3.77. The Morgan fingerprint density at radius 3 is 2.32 bits per heavy atom. The van der Waals surface area contributed by atoms with Gasteiger partial charge in [0.1, 0.15) is 5.69 Å². The van der Waals surface area contributed by atoms with Gasteiger partial charge in [-0.3, -0.25) is 9.48 Å². The summed E-state index contributed by atoms with van der Waals surface area (Å²) >= 11 is 3.40. The predicted octanol–water partition coefficient (Wildman–Crippen LogP) is 2.70. The van der Waals surface area contributed by atoms with Crippen molar-refractivity contribution in [1.29, 1.82) is 0 Å². The summed E-state index contributed by atoms with van der Waals surface area (Å²) in [6.45, 7) is 4.60. The Morgan fingerprint density at radius 1 is 1.26 bits per heavy atom. The standard InChI is InChI=1S/C14H18BrN3O/c1-9(2)13-12(16)14(19)18(17(13)3)8-10-4-6-11(15)7-5-10/h4-7,9H,8,16H2,1-3H3. The van der Waals surface area contributed by atoms with Crippen molar-refractivity contribution >= 4 is 21.6 Å². The SMILES string of the molecule is CC(C)c1c(N)c(=O)n(Cc2ccc(Br)cc2)n1C. The first-order valence-electron chi connectivity index (χ1n) is 6.21. The molecule has 0 amide bonds. The van der Waals surface area contributed by atoms with E-state index in [1.54, 1.807) is 4.68 Å². The maximum atomic E-state index is 12.2. The minimum Gasteiger partial charge on any atom is -0.393 e. The van der Waals surface area contributed by atoms with E-state index < -0.39 is 0 Å². The molecule has 2 rings (SSSR count). The highest BCUT2D eigenvalue weighted by Gasteiger charge is 2.17. The maximum Gasteiger partial charge on any atom is 0.290 e. The van der Waals surface area contributed by atoms with Crippen LogP contribution in [-0.2, 0) is 13.6 Å². The first-order chi connectivity index (χ1) is 8.91. The minimum absolute atomic E-state index is 0.117. The van der Waals surface area contributed by atoms with Gasteiger partial charge in [0.05, 0.1) is 12.2 Å². The lowest BCUT2D eigenvalue weighted by atomic mass is 10.1. The van der Waals surface area contributed by atoms with Gasteiger partial charge in [-0.1, -0.05) is 41.9 Å². The summed E-state index contributed by atoms with van der Waals surface area (Å²) in [5, 5.41) is 0. The Bertz CT molecular complexity index is 638. The van der Waals surface area contributed by atoms with Gasteiger partial charge >= 0.3 is 0 Å². The van der Waals surface area contributed by atoms with Crippen LogP contribution in [0.2, 0.25) is 0 Å². The fourth-order valence-electron chi connectivity index (χ4n) is 2.31. The summed E-state index contributed by atoms with van der Waals surface area (Å²) < 4.78 is 4.57. The number of hydrogen-bond donors (Lipinski definition) is 1. The van der Waals surface area contributed by atoms with E-state index in [0.717, 1.165) is 15.7 Å². The van der Waals surface area contributed by atoms with Gasteiger partial charge in [0, 0.05) is 11.5 Å². The van der Waals surface area contributed by atoms with Crippen LogP contribution in [0.25, 0.3) is 0 Å². The number of rotatable bonds is 3. The molecule has 0 spiro atoms. The van der Waals surface area contributed by atoms with Crippen LogP contribution in [0.1, 0.15) is 31.0 Å². The van der Waals surface area contributed by atoms with Crippen LogP contribution < -0.4 is 11.3 Å². The second-order valence-corrected chi connectivity index (χ2v) is 5.88. The number of nitrogens with two attached hydrogens (primary N) is 1. The van der Waals surface area contributed by atoms with Gasteiger partial charge in [0.2, 0.25) is 0 Å². The minimum atomic E-state index is -0.117. The van der Waals surface area contributed by atoms with Crippen molar-refractivity contribution in [3.63, 3.8) is 0 Å². The molecular weight excluding hydrogens is 306 g/mol. The molecule has 0 atom stereocenters. The van der Waals surface area contributed by atoms with E-state index in [2.05, 4.69) is 15.9 Å². The van der Waals surface area contributed by atoms with Crippen LogP contribution >= 0.6 is 15.9 Å². The topological polar surface area (TPSA) is 53.0 Å². The van der Waals surface area contributed by atoms with Crippen LogP contribution in [-0.4, -0.2) is 9.36 Å². The number of anilines is 1. The molecule has 1 aromatic heterocycles. The first kappa shape index (κ1) is 13.9. The van der Waals surface area contributed by atoms with Gasteiger partial charge in [-0.15, -0.1) is 0 Å². The quantitative estimate of drug-likeness (QED) is 0.944. The van der Waals surface area contributed by atoms with Crippen LogP contribution in [0.5, 0.6) is 0 Å². The van der Waals surface area contributed by atoms with Crippen molar-refractivity contribution in [1.82, 2.24) is 9.36 Å². The molecule has 5 heteroatoms. The van der Waals surface area contributed by atoms with Gasteiger partial charge in [0.15, 0.2) is 0 Å². The molecule has 0 aliphatic carbocycles. The van der Waals surface area contributed by atoms with Crippen LogP contribution in [0, 0.1) is 0 Å². The van der Waals surface area contributed by atoms with E-state index >= 15 is 0 Å². The van der Waals surface area contributed by atoms with Crippen molar-refractivity contribution < 1.29 is 0 Å². The molecule has 0 aliphatic rings. The third-order valence-electron chi connectivity index (χ3n) is 3.24. The molecule has 19 heavy (non-hydrogen) atoms. The van der Waals surface area contributed by atoms with E-state index in [4.69, 9.17) is 5.73 Å². The summed E-state index contributed by atoms with van der Waals surface area (Å²) in [5.74, 6) is 0.226. The zero-order chi connectivity index (χ0) is 14.2. The second-order valence-electron chi connectivity index (χ2n) is 4.97. The van der Waals surface area contributed by atoms with E-state index in [1.165, 1.54) is 0 Å². The molecule has 0 aliphatic heterocycles. The monoisotopic (exact) mass is 323 g/mol. The highest BCUT2D eigenvalue weighted by atomic mass is 79.9. The number of halogens is 1. The average molecular weight is 324 g/mol. The van der Waals surface area contributed by atoms with Gasteiger partial charge in [-0.25, -0.2) is 4.68 Å². The zero-order valence-electron chi connectivity index (χ0n) is 11.4. The molecule has 0 fully saturated rings. The number of benzene rings is 1. The summed E-state index contributed by atoms with van der Waals surface area (Å²) in [7, 11) is 1.88. The normalized spacial score (nSPS) is 11.2. The van der Waals surface area contributed by atoms with E-state index in [1.807, 2.05) is 49.8 Å². The Morgan fingerprint density at radius 2 is 1.84 bits per heavy atom. The lowest BCUT2D eigenvalue weighted by Gasteiger charge is -2.12. The summed E-state index contributed by atoms with van der Waals surface area (Å²) in [6.07, 6.45) is 0.